The Kier molecular flexibility index (Phi) is 3.52. The summed E-state index contributed by atoms with van der Waals surface area (Å²) in [4.78, 5) is 10.7. The molecule has 2 N–H and O–H groups in total. The van der Waals surface area contributed by atoms with Crippen molar-refractivity contribution in [2.75, 3.05) is 5.73 Å². The molecule has 0 unspecified atom stereocenters. The summed E-state index contributed by atoms with van der Waals surface area (Å²) in [5, 5.41) is 15.9. The third kappa shape index (κ3) is 2.40. The van der Waals surface area contributed by atoms with Crippen LogP contribution in [0.3, 0.4) is 0 Å². The van der Waals surface area contributed by atoms with Gasteiger partial charge in [0, 0.05) is 16.7 Å². The van der Waals surface area contributed by atoms with Crippen LogP contribution in [0.25, 0.3) is 16.8 Å². The molecule has 0 bridgehead atoms. The van der Waals surface area contributed by atoms with Gasteiger partial charge in [-0.15, -0.1) is 0 Å². The van der Waals surface area contributed by atoms with Crippen molar-refractivity contribution in [3.63, 3.8) is 0 Å². The highest BCUT2D eigenvalue weighted by atomic mass is 35.5. The van der Waals surface area contributed by atoms with Crippen LogP contribution in [0.15, 0.2) is 54.7 Å². The Balaban J connectivity index is 2.12. The van der Waals surface area contributed by atoms with E-state index in [-0.39, 0.29) is 5.69 Å². The van der Waals surface area contributed by atoms with Crippen molar-refractivity contribution >= 4 is 23.1 Å². The van der Waals surface area contributed by atoms with Crippen molar-refractivity contribution in [3.8, 4) is 16.8 Å². The van der Waals surface area contributed by atoms with Crippen molar-refractivity contribution < 1.29 is 4.92 Å². The highest BCUT2D eigenvalue weighted by Crippen LogP contribution is 2.31. The molecule has 0 saturated carbocycles. The van der Waals surface area contributed by atoms with Gasteiger partial charge in [-0.05, 0) is 23.8 Å². The molecule has 0 aliphatic carbocycles. The van der Waals surface area contributed by atoms with E-state index in [4.69, 9.17) is 17.3 Å². The number of nitrogens with zero attached hydrogens (tertiary/aromatic N) is 3. The van der Waals surface area contributed by atoms with E-state index in [0.717, 1.165) is 5.56 Å². The second kappa shape index (κ2) is 5.50. The highest BCUT2D eigenvalue weighted by Gasteiger charge is 2.18. The topological polar surface area (TPSA) is 87.0 Å². The summed E-state index contributed by atoms with van der Waals surface area (Å²) in [6.07, 6.45) is 1.58. The number of nitro benzene ring substituents is 1. The fourth-order valence-corrected chi connectivity index (χ4v) is 2.33. The second-order valence-electron chi connectivity index (χ2n) is 4.61. The van der Waals surface area contributed by atoms with Crippen LogP contribution < -0.4 is 5.73 Å². The number of nitrogen functional groups attached to an aromatic ring is 1. The Morgan fingerprint density at radius 1 is 1.14 bits per heavy atom. The summed E-state index contributed by atoms with van der Waals surface area (Å²) in [5.74, 6) is 0.330. The maximum atomic E-state index is 11.1. The summed E-state index contributed by atoms with van der Waals surface area (Å²) in [7, 11) is 0. The Hall–Kier alpha value is -2.86. The zero-order chi connectivity index (χ0) is 15.7. The van der Waals surface area contributed by atoms with Gasteiger partial charge in [0.05, 0.1) is 11.1 Å². The molecule has 0 spiro atoms. The molecule has 3 rings (SSSR count). The molecule has 3 aromatic rings. The fourth-order valence-electron chi connectivity index (χ4n) is 2.20. The molecule has 2 aromatic carbocycles. The number of halogens is 1. The van der Waals surface area contributed by atoms with E-state index in [0.29, 0.717) is 22.1 Å². The first-order valence-corrected chi connectivity index (χ1v) is 6.79. The third-order valence-corrected chi connectivity index (χ3v) is 3.52. The van der Waals surface area contributed by atoms with Gasteiger partial charge < -0.3 is 5.73 Å². The molecule has 0 saturated heterocycles. The van der Waals surface area contributed by atoms with Crippen LogP contribution in [-0.4, -0.2) is 14.7 Å². The fraction of sp³-hybridized carbons (Fsp3) is 0. The lowest BCUT2D eigenvalue weighted by Crippen LogP contribution is -2.05. The number of anilines is 1. The van der Waals surface area contributed by atoms with E-state index in [1.807, 2.05) is 12.1 Å². The number of benzene rings is 2. The summed E-state index contributed by atoms with van der Waals surface area (Å²) >= 11 is 5.87. The first kappa shape index (κ1) is 14.1. The average molecular weight is 315 g/mol. The van der Waals surface area contributed by atoms with Crippen molar-refractivity contribution in [3.05, 3.63) is 69.9 Å². The lowest BCUT2D eigenvalue weighted by molar-refractivity contribution is -0.384. The molecule has 0 fully saturated rings. The van der Waals surface area contributed by atoms with E-state index >= 15 is 0 Å². The number of rotatable bonds is 3. The summed E-state index contributed by atoms with van der Waals surface area (Å²) in [5.41, 5.74) is 7.92. The molecular formula is C15H11ClN4O2. The quantitative estimate of drug-likeness (QED) is 0.590. The van der Waals surface area contributed by atoms with Crippen LogP contribution in [0, 0.1) is 10.1 Å². The molecule has 6 nitrogen and oxygen atoms in total. The van der Waals surface area contributed by atoms with E-state index in [1.54, 1.807) is 36.5 Å². The summed E-state index contributed by atoms with van der Waals surface area (Å²) in [6, 6.07) is 13.5. The maximum absolute atomic E-state index is 11.1. The van der Waals surface area contributed by atoms with Gasteiger partial charge in [0.2, 0.25) is 0 Å². The van der Waals surface area contributed by atoms with Gasteiger partial charge in [-0.25, -0.2) is 4.68 Å². The Labute approximate surface area is 130 Å². The Bertz CT molecular complexity index is 843. The molecule has 1 heterocycles. The SMILES string of the molecule is Nc1c(-c2ccc(Cl)cc2)cnn1-c1ccccc1[N+](=O)[O-]. The van der Waals surface area contributed by atoms with Crippen LogP contribution in [0.5, 0.6) is 0 Å². The number of hydrogen-bond acceptors (Lipinski definition) is 4. The monoisotopic (exact) mass is 314 g/mol. The molecule has 7 heteroatoms. The largest absolute Gasteiger partial charge is 0.383 e. The van der Waals surface area contributed by atoms with Gasteiger partial charge >= 0.3 is 0 Å². The van der Waals surface area contributed by atoms with Crippen LogP contribution in [-0.2, 0) is 0 Å². The predicted octanol–water partition coefficient (Wildman–Crippen LogP) is 3.68. The molecular weight excluding hydrogens is 304 g/mol. The molecule has 22 heavy (non-hydrogen) atoms. The minimum Gasteiger partial charge on any atom is -0.383 e. The third-order valence-electron chi connectivity index (χ3n) is 3.27. The minimum absolute atomic E-state index is 0.0556. The van der Waals surface area contributed by atoms with Crippen molar-refractivity contribution in [1.29, 1.82) is 0 Å². The molecule has 0 radical (unpaired) electrons. The van der Waals surface area contributed by atoms with Gasteiger partial charge in [-0.1, -0.05) is 35.9 Å². The zero-order valence-corrected chi connectivity index (χ0v) is 12.1. The molecule has 0 aliphatic rings. The van der Waals surface area contributed by atoms with Gasteiger partial charge in [0.1, 0.15) is 11.5 Å². The van der Waals surface area contributed by atoms with Crippen molar-refractivity contribution in [1.82, 2.24) is 9.78 Å². The standard InChI is InChI=1S/C15H11ClN4O2/c16-11-7-5-10(6-8-11)12-9-18-19(15(12)17)13-3-1-2-4-14(13)20(21)22/h1-9H,17H2. The summed E-state index contributed by atoms with van der Waals surface area (Å²) in [6.45, 7) is 0. The minimum atomic E-state index is -0.460. The second-order valence-corrected chi connectivity index (χ2v) is 5.04. The van der Waals surface area contributed by atoms with Gasteiger partial charge in [-0.3, -0.25) is 10.1 Å². The normalized spacial score (nSPS) is 10.6. The summed E-state index contributed by atoms with van der Waals surface area (Å²) < 4.78 is 1.36. The maximum Gasteiger partial charge on any atom is 0.294 e. The Morgan fingerprint density at radius 3 is 2.50 bits per heavy atom. The van der Waals surface area contributed by atoms with E-state index in [9.17, 15) is 10.1 Å². The highest BCUT2D eigenvalue weighted by molar-refractivity contribution is 6.30. The lowest BCUT2D eigenvalue weighted by Gasteiger charge is -2.06. The smallest absolute Gasteiger partial charge is 0.294 e. The number of hydrogen-bond donors (Lipinski definition) is 1. The number of nitrogens with two attached hydrogens (primary N) is 1. The number of aromatic nitrogens is 2. The number of para-hydroxylation sites is 2. The molecule has 110 valence electrons. The van der Waals surface area contributed by atoms with Crippen molar-refractivity contribution in [2.45, 2.75) is 0 Å². The first-order valence-electron chi connectivity index (χ1n) is 6.41. The first-order chi connectivity index (χ1) is 10.6. The van der Waals surface area contributed by atoms with Gasteiger partial charge in [-0.2, -0.15) is 5.10 Å². The van der Waals surface area contributed by atoms with Gasteiger partial charge in [0.25, 0.3) is 5.69 Å². The molecule has 0 atom stereocenters. The number of nitro groups is 1. The molecule has 1 aromatic heterocycles. The van der Waals surface area contributed by atoms with Crippen LogP contribution in [0.4, 0.5) is 11.5 Å². The van der Waals surface area contributed by atoms with Crippen LogP contribution in [0.2, 0.25) is 5.02 Å². The van der Waals surface area contributed by atoms with E-state index < -0.39 is 4.92 Å². The van der Waals surface area contributed by atoms with Crippen LogP contribution in [0.1, 0.15) is 0 Å². The molecule has 0 aliphatic heterocycles. The zero-order valence-electron chi connectivity index (χ0n) is 11.3. The van der Waals surface area contributed by atoms with Gasteiger partial charge in [0.15, 0.2) is 0 Å². The van der Waals surface area contributed by atoms with Crippen LogP contribution >= 0.6 is 11.6 Å². The average Bonchev–Trinajstić information content (AvgIpc) is 2.89. The predicted molar refractivity (Wildman–Crippen MR) is 85.1 cm³/mol. The molecule has 0 amide bonds. The lowest BCUT2D eigenvalue weighted by atomic mass is 10.1. The van der Waals surface area contributed by atoms with Crippen molar-refractivity contribution in [2.24, 2.45) is 0 Å². The van der Waals surface area contributed by atoms with E-state index in [1.165, 1.54) is 10.7 Å². The Morgan fingerprint density at radius 2 is 1.82 bits per heavy atom. The van der Waals surface area contributed by atoms with E-state index in [2.05, 4.69) is 5.10 Å².